The Morgan fingerprint density at radius 1 is 1.00 bits per heavy atom. The van der Waals surface area contributed by atoms with Crippen molar-refractivity contribution in [2.75, 3.05) is 16.2 Å². The highest BCUT2D eigenvalue weighted by Crippen LogP contribution is 2.28. The third-order valence-electron chi connectivity index (χ3n) is 3.54. The first-order valence-electron chi connectivity index (χ1n) is 7.97. The number of hydrogen-bond donors (Lipinski definition) is 1. The van der Waals surface area contributed by atoms with Gasteiger partial charge in [-0.1, -0.05) is 37.3 Å². The Hall–Kier alpha value is -2.34. The molecule has 0 atom stereocenters. The van der Waals surface area contributed by atoms with Gasteiger partial charge < -0.3 is 5.32 Å². The number of carbonyl (C=O) groups excluding carboxylic acids is 1. The van der Waals surface area contributed by atoms with Crippen LogP contribution in [0.2, 0.25) is 0 Å². The van der Waals surface area contributed by atoms with Gasteiger partial charge in [-0.2, -0.15) is 0 Å². The summed E-state index contributed by atoms with van der Waals surface area (Å²) >= 11 is 0. The molecule has 0 fully saturated rings. The highest BCUT2D eigenvalue weighted by Gasteiger charge is 2.26. The number of benzene rings is 2. The van der Waals surface area contributed by atoms with E-state index < -0.39 is 10.0 Å². The summed E-state index contributed by atoms with van der Waals surface area (Å²) in [5, 5.41) is 2.70. The molecule has 2 rings (SSSR count). The molecular weight excluding hydrogens is 324 g/mol. The number of rotatable bonds is 7. The average molecular weight is 346 g/mol. The van der Waals surface area contributed by atoms with E-state index in [0.29, 0.717) is 30.8 Å². The largest absolute Gasteiger partial charge is 0.325 e. The molecule has 0 bridgehead atoms. The summed E-state index contributed by atoms with van der Waals surface area (Å²) < 4.78 is 27.5. The molecule has 2 aromatic rings. The summed E-state index contributed by atoms with van der Waals surface area (Å²) in [6.45, 7) is 3.98. The van der Waals surface area contributed by atoms with E-state index >= 15 is 0 Å². The number of sulfonamides is 1. The van der Waals surface area contributed by atoms with Gasteiger partial charge in [0.1, 0.15) is 4.90 Å². The van der Waals surface area contributed by atoms with Crippen LogP contribution in [0.4, 0.5) is 11.4 Å². The van der Waals surface area contributed by atoms with Crippen LogP contribution in [-0.4, -0.2) is 20.9 Å². The lowest BCUT2D eigenvalue weighted by Crippen LogP contribution is -2.31. The van der Waals surface area contributed by atoms with Crippen molar-refractivity contribution < 1.29 is 13.2 Å². The van der Waals surface area contributed by atoms with Crippen molar-refractivity contribution in [3.05, 3.63) is 54.6 Å². The maximum atomic E-state index is 13.1. The van der Waals surface area contributed by atoms with Crippen LogP contribution in [-0.2, 0) is 14.8 Å². The monoisotopic (exact) mass is 346 g/mol. The molecule has 0 spiro atoms. The van der Waals surface area contributed by atoms with E-state index in [1.165, 1.54) is 10.4 Å². The second-order valence-corrected chi connectivity index (χ2v) is 7.13. The fraction of sp³-hybridized carbons (Fsp3) is 0.278. The number of carbonyl (C=O) groups is 1. The molecule has 0 unspecified atom stereocenters. The number of anilines is 2. The molecule has 1 N–H and O–H groups in total. The molecule has 1 amide bonds. The number of para-hydroxylation sites is 2. The van der Waals surface area contributed by atoms with Gasteiger partial charge >= 0.3 is 0 Å². The van der Waals surface area contributed by atoms with Crippen LogP contribution in [0.15, 0.2) is 59.5 Å². The van der Waals surface area contributed by atoms with Crippen LogP contribution >= 0.6 is 0 Å². The van der Waals surface area contributed by atoms with E-state index in [4.69, 9.17) is 0 Å². The summed E-state index contributed by atoms with van der Waals surface area (Å²) in [6, 6.07) is 15.4. The SMILES string of the molecule is CCCC(=O)Nc1ccccc1S(=O)(=O)N(CC)c1ccccc1. The van der Waals surface area contributed by atoms with Gasteiger partial charge in [0.15, 0.2) is 0 Å². The maximum absolute atomic E-state index is 13.1. The number of nitrogens with zero attached hydrogens (tertiary/aromatic N) is 1. The fourth-order valence-corrected chi connectivity index (χ4v) is 4.06. The smallest absolute Gasteiger partial charge is 0.266 e. The molecule has 0 aliphatic heterocycles. The first-order valence-corrected chi connectivity index (χ1v) is 9.41. The Balaban J connectivity index is 2.44. The van der Waals surface area contributed by atoms with Gasteiger partial charge in [0, 0.05) is 13.0 Å². The lowest BCUT2D eigenvalue weighted by molar-refractivity contribution is -0.116. The molecule has 0 radical (unpaired) electrons. The molecule has 0 aliphatic carbocycles. The number of amides is 1. The first kappa shape index (κ1) is 18.0. The third kappa shape index (κ3) is 3.94. The van der Waals surface area contributed by atoms with Crippen LogP contribution in [0.3, 0.4) is 0 Å². The van der Waals surface area contributed by atoms with Crippen molar-refractivity contribution in [3.8, 4) is 0 Å². The van der Waals surface area contributed by atoms with Crippen molar-refractivity contribution >= 4 is 27.3 Å². The molecule has 5 nitrogen and oxygen atoms in total. The van der Waals surface area contributed by atoms with Gasteiger partial charge in [0.05, 0.1) is 11.4 Å². The van der Waals surface area contributed by atoms with E-state index in [-0.39, 0.29) is 10.8 Å². The minimum Gasteiger partial charge on any atom is -0.325 e. The van der Waals surface area contributed by atoms with Crippen molar-refractivity contribution in [3.63, 3.8) is 0 Å². The number of hydrogen-bond acceptors (Lipinski definition) is 3. The zero-order valence-corrected chi connectivity index (χ0v) is 14.7. The minimum absolute atomic E-state index is 0.0974. The Bertz CT molecular complexity index is 789. The molecule has 0 saturated heterocycles. The fourth-order valence-electron chi connectivity index (χ4n) is 2.44. The van der Waals surface area contributed by atoms with Gasteiger partial charge in [-0.3, -0.25) is 9.10 Å². The van der Waals surface area contributed by atoms with Crippen molar-refractivity contribution in [2.45, 2.75) is 31.6 Å². The summed E-state index contributed by atoms with van der Waals surface area (Å²) in [4.78, 5) is 12.0. The average Bonchev–Trinajstić information content (AvgIpc) is 2.57. The molecule has 2 aromatic carbocycles. The molecule has 6 heteroatoms. The summed E-state index contributed by atoms with van der Waals surface area (Å²) in [5.74, 6) is -0.192. The molecule has 128 valence electrons. The Morgan fingerprint density at radius 2 is 1.62 bits per heavy atom. The predicted molar refractivity (Wildman–Crippen MR) is 96.6 cm³/mol. The van der Waals surface area contributed by atoms with Gasteiger partial charge in [0.2, 0.25) is 5.91 Å². The van der Waals surface area contributed by atoms with Gasteiger partial charge in [-0.05, 0) is 37.6 Å². The van der Waals surface area contributed by atoms with E-state index in [2.05, 4.69) is 5.32 Å². The van der Waals surface area contributed by atoms with Gasteiger partial charge in [-0.25, -0.2) is 8.42 Å². The quantitative estimate of drug-likeness (QED) is 0.832. The van der Waals surface area contributed by atoms with Crippen molar-refractivity contribution in [1.82, 2.24) is 0 Å². The summed E-state index contributed by atoms with van der Waals surface area (Å²) in [7, 11) is -3.78. The standard InChI is InChI=1S/C18H22N2O3S/c1-3-10-18(21)19-16-13-8-9-14-17(16)24(22,23)20(4-2)15-11-6-5-7-12-15/h5-9,11-14H,3-4,10H2,1-2H3,(H,19,21). The van der Waals surface area contributed by atoms with Crippen LogP contribution < -0.4 is 9.62 Å². The van der Waals surface area contributed by atoms with Gasteiger partial charge in [-0.15, -0.1) is 0 Å². The first-order chi connectivity index (χ1) is 11.5. The Labute approximate surface area is 143 Å². The van der Waals surface area contributed by atoms with Crippen LogP contribution in [0, 0.1) is 0 Å². The highest BCUT2D eigenvalue weighted by molar-refractivity contribution is 7.93. The Kier molecular flexibility index (Phi) is 5.98. The van der Waals surface area contributed by atoms with Crippen LogP contribution in [0.25, 0.3) is 0 Å². The number of nitrogens with one attached hydrogen (secondary N) is 1. The lowest BCUT2D eigenvalue weighted by Gasteiger charge is -2.24. The van der Waals surface area contributed by atoms with Crippen molar-refractivity contribution in [1.29, 1.82) is 0 Å². The lowest BCUT2D eigenvalue weighted by atomic mass is 10.3. The van der Waals surface area contributed by atoms with E-state index in [9.17, 15) is 13.2 Å². The summed E-state index contributed by atoms with van der Waals surface area (Å²) in [6.07, 6.45) is 1.05. The van der Waals surface area contributed by atoms with Crippen LogP contribution in [0.5, 0.6) is 0 Å². The highest BCUT2D eigenvalue weighted by atomic mass is 32.2. The maximum Gasteiger partial charge on any atom is 0.266 e. The molecule has 0 heterocycles. The molecule has 0 aromatic heterocycles. The normalized spacial score (nSPS) is 11.1. The zero-order valence-electron chi connectivity index (χ0n) is 13.9. The van der Waals surface area contributed by atoms with E-state index in [1.54, 1.807) is 49.4 Å². The third-order valence-corrected chi connectivity index (χ3v) is 5.50. The molecule has 0 aliphatic rings. The van der Waals surface area contributed by atoms with Gasteiger partial charge in [0.25, 0.3) is 10.0 Å². The van der Waals surface area contributed by atoms with Crippen molar-refractivity contribution in [2.24, 2.45) is 0 Å². The van der Waals surface area contributed by atoms with Crippen LogP contribution in [0.1, 0.15) is 26.7 Å². The molecule has 24 heavy (non-hydrogen) atoms. The second-order valence-electron chi connectivity index (χ2n) is 5.30. The molecular formula is C18H22N2O3S. The second kappa shape index (κ2) is 7.97. The topological polar surface area (TPSA) is 66.5 Å². The van der Waals surface area contributed by atoms with E-state index in [1.807, 2.05) is 13.0 Å². The minimum atomic E-state index is -3.78. The zero-order chi connectivity index (χ0) is 17.6. The Morgan fingerprint density at radius 3 is 2.25 bits per heavy atom. The van der Waals surface area contributed by atoms with E-state index in [0.717, 1.165) is 0 Å². The summed E-state index contributed by atoms with van der Waals surface area (Å²) in [5.41, 5.74) is 0.903. The predicted octanol–water partition coefficient (Wildman–Crippen LogP) is 3.64. The molecule has 0 saturated carbocycles.